The first kappa shape index (κ1) is 81.6. The van der Waals surface area contributed by atoms with Crippen LogP contribution >= 0.6 is 11.3 Å². The first-order valence-corrected chi connectivity index (χ1v) is 49.6. The number of benzene rings is 22. The molecule has 5 heteroatoms. The second kappa shape index (κ2) is 32.5. The Morgan fingerprint density at radius 2 is 0.504 bits per heavy atom. The first-order valence-electron chi connectivity index (χ1n) is 48.8. The van der Waals surface area contributed by atoms with Gasteiger partial charge in [0.05, 0.1) is 38.5 Å². The molecule has 5 aromatic heterocycles. The van der Waals surface area contributed by atoms with E-state index in [0.29, 0.717) is 0 Å². The van der Waals surface area contributed by atoms with E-state index in [0.717, 1.165) is 22.2 Å². The zero-order chi connectivity index (χ0) is 93.1. The topological polar surface area (TPSA) is 27.9 Å². The molecule has 1 spiro atoms. The van der Waals surface area contributed by atoms with Gasteiger partial charge in [-0.3, -0.25) is 0 Å². The number of hydrogen-bond donors (Lipinski definition) is 0. The van der Waals surface area contributed by atoms with Crippen molar-refractivity contribution in [2.45, 2.75) is 24.7 Å². The lowest BCUT2D eigenvalue weighted by atomic mass is 9.70. The van der Waals surface area contributed by atoms with E-state index in [2.05, 4.69) is 519 Å². The molecule has 5 heterocycles. The van der Waals surface area contributed by atoms with E-state index >= 15 is 0 Å². The van der Waals surface area contributed by atoms with Crippen molar-refractivity contribution in [3.63, 3.8) is 0 Å². The highest BCUT2D eigenvalue weighted by molar-refractivity contribution is 7.25. The second-order valence-electron chi connectivity index (χ2n) is 38.4. The van der Waals surface area contributed by atoms with Crippen molar-refractivity contribution in [2.75, 3.05) is 0 Å². The summed E-state index contributed by atoms with van der Waals surface area (Å²) in [6.45, 7) is 4.72. The summed E-state index contributed by atoms with van der Waals surface area (Å²) >= 11 is 1.87. The van der Waals surface area contributed by atoms with Gasteiger partial charge >= 0.3 is 0 Å². The lowest BCUT2D eigenvalue weighted by molar-refractivity contribution is 0.660. The van der Waals surface area contributed by atoms with E-state index < -0.39 is 0 Å². The summed E-state index contributed by atoms with van der Waals surface area (Å²) in [6, 6.07) is 185. The van der Waals surface area contributed by atoms with E-state index in [9.17, 15) is 0 Å². The maximum atomic E-state index is 6.20. The number of furan rings is 1. The van der Waals surface area contributed by atoms with E-state index in [1.165, 1.54) is 247 Å². The molecule has 30 rings (SSSR count). The summed E-state index contributed by atoms with van der Waals surface area (Å²) < 4.78 is 16.1. The highest BCUT2D eigenvalue weighted by atomic mass is 32.1. The first-order chi connectivity index (χ1) is 69.7. The normalized spacial score (nSPS) is 12.9. The standard InChI is InChI=1S/C49H31N.C45H31NS.C42H27NO/c1-2-13-32(14-3-1)33-15-12-16-36(29-33)50-47-24-11-7-20-41(47)42-30-34(26-28-48(42)50)35-25-27-40-39-19-6-10-23-45(39)49(46(40)31-35)43-21-8-4-17-37(43)38-18-5-9-22-44(38)49;1-45(2)39-14-8-6-12-33(39)34-20-19-32(27-40(34)45)46-41-21-16-29(28-10-4-3-5-11-28)24-36(41)37-25-30(17-22-42(37)46)31-18-23-44-38(26-31)35-13-7-9-15-43(35)47-44;1-2-9-28(10-3-1)29-17-19-30(20-18-29)31-21-24-33(25-22-31)43-38-14-6-4-11-35(38)37-27-32(23-26-39(37)43)34-13-8-16-41-42(34)36-12-5-7-15-40(36)44-41/h1-31H;3-27H,1-2H3;1-27H. The Morgan fingerprint density at radius 1 is 0.177 bits per heavy atom. The fraction of sp³-hybridized carbons (Fsp3) is 0.0294. The molecule has 0 radical (unpaired) electrons. The molecule has 3 aliphatic carbocycles. The average molecular weight is 1810 g/mol. The minimum Gasteiger partial charge on any atom is -0.456 e. The van der Waals surface area contributed by atoms with Crippen LogP contribution in [0.5, 0.6) is 0 Å². The van der Waals surface area contributed by atoms with Crippen LogP contribution in [0.3, 0.4) is 0 Å². The van der Waals surface area contributed by atoms with Gasteiger partial charge in [0.25, 0.3) is 0 Å². The minimum atomic E-state index is -0.348. The van der Waals surface area contributed by atoms with Crippen LogP contribution in [0.4, 0.5) is 0 Å². The smallest absolute Gasteiger partial charge is 0.136 e. The summed E-state index contributed by atoms with van der Waals surface area (Å²) in [7, 11) is 0. The van der Waals surface area contributed by atoms with Crippen LogP contribution in [0.1, 0.15) is 47.2 Å². The Bertz CT molecular complexity index is 9700. The number of rotatable bonds is 10. The number of nitrogens with zero attached hydrogens (tertiary/aromatic N) is 3. The molecule has 0 N–H and O–H groups in total. The summed E-state index contributed by atoms with van der Waals surface area (Å²) in [4.78, 5) is 0. The zero-order valence-electron chi connectivity index (χ0n) is 77.6. The van der Waals surface area contributed by atoms with Crippen molar-refractivity contribution in [2.24, 2.45) is 0 Å². The van der Waals surface area contributed by atoms with Crippen LogP contribution in [0, 0.1) is 0 Å². The largest absolute Gasteiger partial charge is 0.456 e. The molecule has 4 nitrogen and oxygen atoms in total. The maximum Gasteiger partial charge on any atom is 0.136 e. The van der Waals surface area contributed by atoms with Gasteiger partial charge in [-0.05, 0) is 278 Å². The second-order valence-corrected chi connectivity index (χ2v) is 39.5. The van der Waals surface area contributed by atoms with Crippen molar-refractivity contribution < 1.29 is 4.42 Å². The van der Waals surface area contributed by atoms with Crippen molar-refractivity contribution in [1.82, 2.24) is 13.7 Å². The molecule has 0 saturated carbocycles. The van der Waals surface area contributed by atoms with Crippen LogP contribution in [0.25, 0.3) is 236 Å². The molecule has 141 heavy (non-hydrogen) atoms. The van der Waals surface area contributed by atoms with Crippen molar-refractivity contribution in [3.05, 3.63) is 537 Å². The van der Waals surface area contributed by atoms with Crippen LogP contribution in [-0.4, -0.2) is 13.7 Å². The lowest BCUT2D eigenvalue weighted by Gasteiger charge is -2.30. The van der Waals surface area contributed by atoms with Gasteiger partial charge in [0, 0.05) is 85.7 Å². The lowest BCUT2D eigenvalue weighted by Crippen LogP contribution is -2.25. The molecule has 27 aromatic rings. The molecule has 22 aromatic carbocycles. The number of hydrogen-bond acceptors (Lipinski definition) is 2. The number of thiophene rings is 1. The Kier molecular flexibility index (Phi) is 18.8. The third-order valence-corrected chi connectivity index (χ3v) is 31.6. The summed E-state index contributed by atoms with van der Waals surface area (Å²) in [5, 5.41) is 12.5. The summed E-state index contributed by atoms with van der Waals surface area (Å²) in [6.07, 6.45) is 0. The Morgan fingerprint density at radius 3 is 1.08 bits per heavy atom. The maximum absolute atomic E-state index is 6.20. The van der Waals surface area contributed by atoms with Crippen LogP contribution < -0.4 is 0 Å². The van der Waals surface area contributed by atoms with Gasteiger partial charge in [-0.25, -0.2) is 0 Å². The fourth-order valence-corrected chi connectivity index (χ4v) is 25.0. The minimum absolute atomic E-state index is 0.0567. The Hall–Kier alpha value is -17.7. The monoisotopic (exact) mass is 1810 g/mol. The molecule has 0 amide bonds. The van der Waals surface area contributed by atoms with Gasteiger partial charge in [0.1, 0.15) is 11.2 Å². The van der Waals surface area contributed by atoms with Gasteiger partial charge in [-0.15, -0.1) is 11.3 Å². The zero-order valence-corrected chi connectivity index (χ0v) is 78.4. The molecular formula is C136H89N3OS. The van der Waals surface area contributed by atoms with Gasteiger partial charge in [0.15, 0.2) is 0 Å². The summed E-state index contributed by atoms with van der Waals surface area (Å²) in [5.41, 5.74) is 45.7. The third kappa shape index (κ3) is 13.0. The molecule has 0 bridgehead atoms. The summed E-state index contributed by atoms with van der Waals surface area (Å²) in [5.74, 6) is 0. The Balaban J connectivity index is 0.000000104. The SMILES string of the molecule is CC1(C)c2ccccc2-c2ccc(-n3c4ccc(-c5ccccc5)cc4c4cc(-c5ccc6sc7ccccc7c6c5)ccc43)cc21.c1ccc(-c2ccc(-c3ccc(-n4c5ccccc5c5cc(-c6cccc7oc8ccccc8c67)ccc54)cc3)cc2)cc1.c1ccc(-c2cccc(-n3c4ccccc4c4cc(-c5ccc6c(c5)C5(c7ccccc7-c7ccccc75)c5ccccc5-6)ccc43)c2)cc1. The molecule has 0 aliphatic heterocycles. The van der Waals surface area contributed by atoms with Crippen molar-refractivity contribution in [1.29, 1.82) is 0 Å². The van der Waals surface area contributed by atoms with E-state index in [1.807, 2.05) is 23.5 Å². The highest BCUT2D eigenvalue weighted by Gasteiger charge is 2.52. The molecule has 0 unspecified atom stereocenters. The van der Waals surface area contributed by atoms with Gasteiger partial charge < -0.3 is 18.1 Å². The predicted molar refractivity (Wildman–Crippen MR) is 594 cm³/mol. The van der Waals surface area contributed by atoms with E-state index in [4.69, 9.17) is 4.42 Å². The quantitative estimate of drug-likeness (QED) is 0.134. The highest BCUT2D eigenvalue weighted by Crippen LogP contribution is 2.64. The molecule has 660 valence electrons. The number of fused-ring (bicyclic) bond motifs is 28. The van der Waals surface area contributed by atoms with Gasteiger partial charge in [0.2, 0.25) is 0 Å². The fourth-order valence-electron chi connectivity index (χ4n) is 23.9. The van der Waals surface area contributed by atoms with Crippen LogP contribution in [0.15, 0.2) is 508 Å². The predicted octanol–water partition coefficient (Wildman–Crippen LogP) is 36.9. The van der Waals surface area contributed by atoms with Crippen LogP contribution in [0.2, 0.25) is 0 Å². The van der Waals surface area contributed by atoms with Gasteiger partial charge in [-0.1, -0.05) is 384 Å². The van der Waals surface area contributed by atoms with Gasteiger partial charge in [-0.2, -0.15) is 0 Å². The molecule has 3 aliphatic rings. The third-order valence-electron chi connectivity index (χ3n) is 30.5. The van der Waals surface area contributed by atoms with Crippen molar-refractivity contribution >= 4 is 119 Å². The number of para-hydroxylation sites is 3. The van der Waals surface area contributed by atoms with Crippen molar-refractivity contribution in [3.8, 4) is 128 Å². The van der Waals surface area contributed by atoms with E-state index in [1.54, 1.807) is 0 Å². The molecule has 0 fully saturated rings. The Labute approximate surface area is 820 Å². The average Bonchev–Trinajstić information content (AvgIpc) is 1.50. The molecule has 0 atom stereocenters. The number of aromatic nitrogens is 3. The van der Waals surface area contributed by atoms with Crippen LogP contribution in [-0.2, 0) is 10.8 Å². The van der Waals surface area contributed by atoms with E-state index in [-0.39, 0.29) is 10.8 Å². The molecule has 0 saturated heterocycles. The molecular weight excluding hydrogens is 1720 g/mol.